The lowest BCUT2D eigenvalue weighted by molar-refractivity contribution is 0.636. The Morgan fingerprint density at radius 2 is 2.19 bits per heavy atom. The smallest absolute Gasteiger partial charge is 0.0251 e. The standard InChI is InChI=1S/C14H20BrN/c1-5-16-12(4)11(3)9-13-7-6-10(2)8-14(13)15/h6-9,12,16H,5H2,1-4H3/b11-9+. The molecule has 0 fully saturated rings. The van der Waals surface area contributed by atoms with Crippen LogP contribution in [-0.2, 0) is 0 Å². The summed E-state index contributed by atoms with van der Waals surface area (Å²) in [6, 6.07) is 6.87. The number of aryl methyl sites for hydroxylation is 1. The summed E-state index contributed by atoms with van der Waals surface area (Å²) in [7, 11) is 0. The lowest BCUT2D eigenvalue weighted by Gasteiger charge is -2.13. The van der Waals surface area contributed by atoms with E-state index in [1.807, 2.05) is 0 Å². The summed E-state index contributed by atoms with van der Waals surface area (Å²) in [4.78, 5) is 0. The van der Waals surface area contributed by atoms with Gasteiger partial charge in [0.25, 0.3) is 0 Å². The van der Waals surface area contributed by atoms with Gasteiger partial charge in [-0.15, -0.1) is 0 Å². The molecule has 0 aliphatic heterocycles. The molecule has 1 aromatic rings. The van der Waals surface area contributed by atoms with E-state index in [2.05, 4.69) is 73.2 Å². The van der Waals surface area contributed by atoms with Crippen LogP contribution < -0.4 is 5.32 Å². The van der Waals surface area contributed by atoms with E-state index in [0.717, 1.165) is 11.0 Å². The normalized spacial score (nSPS) is 13.9. The Hall–Kier alpha value is -0.600. The van der Waals surface area contributed by atoms with Crippen molar-refractivity contribution in [1.29, 1.82) is 0 Å². The molecule has 2 heteroatoms. The summed E-state index contributed by atoms with van der Waals surface area (Å²) in [6.07, 6.45) is 2.23. The fourth-order valence-corrected chi connectivity index (χ4v) is 2.19. The molecule has 0 saturated heterocycles. The Bertz CT molecular complexity index is 382. The van der Waals surface area contributed by atoms with E-state index in [9.17, 15) is 0 Å². The third kappa shape index (κ3) is 3.76. The summed E-state index contributed by atoms with van der Waals surface area (Å²) < 4.78 is 1.16. The van der Waals surface area contributed by atoms with Crippen molar-refractivity contribution in [3.63, 3.8) is 0 Å². The molecular weight excluding hydrogens is 262 g/mol. The average Bonchev–Trinajstić information content (AvgIpc) is 2.22. The van der Waals surface area contributed by atoms with Gasteiger partial charge in [-0.25, -0.2) is 0 Å². The number of halogens is 1. The van der Waals surface area contributed by atoms with E-state index in [4.69, 9.17) is 0 Å². The minimum absolute atomic E-state index is 0.429. The van der Waals surface area contributed by atoms with Crippen molar-refractivity contribution in [3.8, 4) is 0 Å². The Balaban J connectivity index is 2.89. The molecule has 1 N–H and O–H groups in total. The van der Waals surface area contributed by atoms with Gasteiger partial charge in [0.05, 0.1) is 0 Å². The van der Waals surface area contributed by atoms with Gasteiger partial charge in [-0.3, -0.25) is 0 Å². The zero-order chi connectivity index (χ0) is 12.1. The van der Waals surface area contributed by atoms with Gasteiger partial charge in [-0.1, -0.05) is 46.6 Å². The van der Waals surface area contributed by atoms with Gasteiger partial charge in [0.15, 0.2) is 0 Å². The van der Waals surface area contributed by atoms with Crippen LogP contribution in [0, 0.1) is 6.92 Å². The van der Waals surface area contributed by atoms with E-state index in [1.165, 1.54) is 16.7 Å². The van der Waals surface area contributed by atoms with Crippen LogP contribution in [0.25, 0.3) is 6.08 Å². The van der Waals surface area contributed by atoms with E-state index in [1.54, 1.807) is 0 Å². The molecule has 0 aliphatic carbocycles. The SMILES string of the molecule is CCNC(C)/C(C)=C/c1ccc(C)cc1Br. The third-order valence-corrected chi connectivity index (χ3v) is 3.42. The Kier molecular flexibility index (Phi) is 5.23. The molecule has 0 spiro atoms. The molecule has 0 saturated carbocycles. The van der Waals surface area contributed by atoms with Crippen LogP contribution in [0.5, 0.6) is 0 Å². The second-order valence-corrected chi connectivity index (χ2v) is 5.05. The predicted molar refractivity (Wildman–Crippen MR) is 75.7 cm³/mol. The van der Waals surface area contributed by atoms with Gasteiger partial charge in [-0.05, 0) is 44.5 Å². The average molecular weight is 282 g/mol. The van der Waals surface area contributed by atoms with Crippen LogP contribution in [0.2, 0.25) is 0 Å². The van der Waals surface area contributed by atoms with Crippen molar-refractivity contribution in [3.05, 3.63) is 39.4 Å². The Morgan fingerprint density at radius 1 is 1.50 bits per heavy atom. The van der Waals surface area contributed by atoms with Gasteiger partial charge < -0.3 is 5.32 Å². The molecule has 16 heavy (non-hydrogen) atoms. The first-order chi connectivity index (χ1) is 7.54. The van der Waals surface area contributed by atoms with Gasteiger partial charge in [-0.2, -0.15) is 0 Å². The predicted octanol–water partition coefficient (Wildman–Crippen LogP) is 4.16. The fraction of sp³-hybridized carbons (Fsp3) is 0.429. The molecule has 1 rings (SSSR count). The first kappa shape index (κ1) is 13.5. The first-order valence-corrected chi connectivity index (χ1v) is 6.51. The monoisotopic (exact) mass is 281 g/mol. The third-order valence-electron chi connectivity index (χ3n) is 2.73. The molecule has 0 heterocycles. The van der Waals surface area contributed by atoms with Crippen molar-refractivity contribution < 1.29 is 0 Å². The maximum absolute atomic E-state index is 3.60. The summed E-state index contributed by atoms with van der Waals surface area (Å²) in [6.45, 7) is 9.59. The van der Waals surface area contributed by atoms with Gasteiger partial charge in [0, 0.05) is 10.5 Å². The maximum Gasteiger partial charge on any atom is 0.0251 e. The highest BCUT2D eigenvalue weighted by Crippen LogP contribution is 2.21. The first-order valence-electron chi connectivity index (χ1n) is 5.72. The lowest BCUT2D eigenvalue weighted by Crippen LogP contribution is -2.26. The molecule has 0 aliphatic rings. The highest BCUT2D eigenvalue weighted by molar-refractivity contribution is 9.10. The molecule has 88 valence electrons. The van der Waals surface area contributed by atoms with E-state index in [-0.39, 0.29) is 0 Å². The van der Waals surface area contributed by atoms with Gasteiger partial charge >= 0.3 is 0 Å². The number of hydrogen-bond acceptors (Lipinski definition) is 1. The molecule has 1 aromatic carbocycles. The quantitative estimate of drug-likeness (QED) is 0.874. The van der Waals surface area contributed by atoms with Crippen molar-refractivity contribution in [2.24, 2.45) is 0 Å². The number of benzene rings is 1. The molecule has 0 bridgehead atoms. The van der Waals surface area contributed by atoms with E-state index < -0.39 is 0 Å². The largest absolute Gasteiger partial charge is 0.311 e. The Morgan fingerprint density at radius 3 is 2.75 bits per heavy atom. The molecule has 1 nitrogen and oxygen atoms in total. The molecule has 1 atom stereocenters. The number of rotatable bonds is 4. The van der Waals surface area contributed by atoms with Crippen LogP contribution >= 0.6 is 15.9 Å². The van der Waals surface area contributed by atoms with Crippen molar-refractivity contribution in [2.45, 2.75) is 33.7 Å². The second-order valence-electron chi connectivity index (χ2n) is 4.19. The van der Waals surface area contributed by atoms with Crippen LogP contribution in [0.4, 0.5) is 0 Å². The van der Waals surface area contributed by atoms with Crippen LogP contribution in [0.1, 0.15) is 31.9 Å². The molecule has 0 aromatic heterocycles. The minimum Gasteiger partial charge on any atom is -0.311 e. The van der Waals surface area contributed by atoms with Crippen molar-refractivity contribution >= 4 is 22.0 Å². The van der Waals surface area contributed by atoms with Crippen LogP contribution in [0.15, 0.2) is 28.2 Å². The highest BCUT2D eigenvalue weighted by atomic mass is 79.9. The minimum atomic E-state index is 0.429. The summed E-state index contributed by atoms with van der Waals surface area (Å²) in [5, 5.41) is 3.41. The van der Waals surface area contributed by atoms with Gasteiger partial charge in [0.2, 0.25) is 0 Å². The number of likely N-dealkylation sites (N-methyl/N-ethyl adjacent to an activating group) is 1. The van der Waals surface area contributed by atoms with Crippen molar-refractivity contribution in [1.82, 2.24) is 5.32 Å². The van der Waals surface area contributed by atoms with Crippen molar-refractivity contribution in [2.75, 3.05) is 6.54 Å². The number of hydrogen-bond donors (Lipinski definition) is 1. The fourth-order valence-electron chi connectivity index (χ4n) is 1.59. The van der Waals surface area contributed by atoms with E-state index in [0.29, 0.717) is 6.04 Å². The molecule has 0 radical (unpaired) electrons. The number of nitrogens with one attached hydrogen (secondary N) is 1. The molecular formula is C14H20BrN. The summed E-state index contributed by atoms with van der Waals surface area (Å²) in [5.74, 6) is 0. The second kappa shape index (κ2) is 6.21. The topological polar surface area (TPSA) is 12.0 Å². The molecule has 0 amide bonds. The van der Waals surface area contributed by atoms with Crippen LogP contribution in [-0.4, -0.2) is 12.6 Å². The zero-order valence-electron chi connectivity index (χ0n) is 10.5. The summed E-state index contributed by atoms with van der Waals surface area (Å²) in [5.41, 5.74) is 3.88. The highest BCUT2D eigenvalue weighted by Gasteiger charge is 2.03. The van der Waals surface area contributed by atoms with Gasteiger partial charge in [0.1, 0.15) is 0 Å². The molecule has 1 unspecified atom stereocenters. The van der Waals surface area contributed by atoms with Crippen LogP contribution in [0.3, 0.4) is 0 Å². The lowest BCUT2D eigenvalue weighted by atomic mass is 10.1. The van der Waals surface area contributed by atoms with E-state index >= 15 is 0 Å². The maximum atomic E-state index is 3.60. The summed E-state index contributed by atoms with van der Waals surface area (Å²) >= 11 is 3.60. The Labute approximate surface area is 107 Å². The zero-order valence-corrected chi connectivity index (χ0v) is 12.1.